The first-order valence-electron chi connectivity index (χ1n) is 5.22. The van der Waals surface area contributed by atoms with Gasteiger partial charge in [0.1, 0.15) is 18.4 Å². The molecule has 1 atom stereocenters. The van der Waals surface area contributed by atoms with Crippen LogP contribution < -0.4 is 10.5 Å². The van der Waals surface area contributed by atoms with E-state index in [-0.39, 0.29) is 6.61 Å². The van der Waals surface area contributed by atoms with Crippen molar-refractivity contribution in [2.45, 2.75) is 19.4 Å². The van der Waals surface area contributed by atoms with Gasteiger partial charge in [-0.05, 0) is 24.1 Å². The minimum absolute atomic E-state index is 0.125. The van der Waals surface area contributed by atoms with E-state index in [2.05, 4.69) is 11.7 Å². The van der Waals surface area contributed by atoms with Gasteiger partial charge in [0.05, 0.1) is 7.11 Å². The highest BCUT2D eigenvalue weighted by Gasteiger charge is 2.14. The minimum Gasteiger partial charge on any atom is -0.491 e. The smallest absolute Gasteiger partial charge is 0.326 e. The van der Waals surface area contributed by atoms with E-state index >= 15 is 0 Å². The summed E-state index contributed by atoms with van der Waals surface area (Å²) in [5.41, 5.74) is 6.73. The molecule has 0 saturated heterocycles. The molecule has 16 heavy (non-hydrogen) atoms. The van der Waals surface area contributed by atoms with Crippen LogP contribution in [0.2, 0.25) is 0 Å². The molecule has 0 saturated carbocycles. The van der Waals surface area contributed by atoms with E-state index in [0.29, 0.717) is 0 Å². The maximum absolute atomic E-state index is 11.0. The third-order valence-electron chi connectivity index (χ3n) is 2.24. The van der Waals surface area contributed by atoms with E-state index in [4.69, 9.17) is 10.5 Å². The molecule has 1 rings (SSSR count). The average molecular weight is 223 g/mol. The van der Waals surface area contributed by atoms with Gasteiger partial charge in [0.2, 0.25) is 0 Å². The molecule has 0 heterocycles. The molecule has 88 valence electrons. The first-order valence-corrected chi connectivity index (χ1v) is 5.22. The molecule has 0 aliphatic heterocycles. The summed E-state index contributed by atoms with van der Waals surface area (Å²) in [5.74, 6) is 0.255. The zero-order valence-corrected chi connectivity index (χ0v) is 9.60. The van der Waals surface area contributed by atoms with Crippen LogP contribution in [0.25, 0.3) is 0 Å². The molecule has 4 heteroatoms. The SMILES string of the molecule is CCc1cccc(OCC(N)C(=O)OC)c1. The van der Waals surface area contributed by atoms with E-state index in [0.717, 1.165) is 12.2 Å². The van der Waals surface area contributed by atoms with Gasteiger partial charge in [0, 0.05) is 0 Å². The first-order chi connectivity index (χ1) is 7.67. The topological polar surface area (TPSA) is 61.5 Å². The zero-order chi connectivity index (χ0) is 12.0. The van der Waals surface area contributed by atoms with Gasteiger partial charge in [-0.3, -0.25) is 4.79 Å². The Kier molecular flexibility index (Phi) is 4.79. The summed E-state index contributed by atoms with van der Waals surface area (Å²) in [6, 6.07) is 6.97. The van der Waals surface area contributed by atoms with Gasteiger partial charge < -0.3 is 15.2 Å². The standard InChI is InChI=1S/C12H17NO3/c1-3-9-5-4-6-10(7-9)16-8-11(13)12(14)15-2/h4-7,11H,3,8,13H2,1-2H3. The lowest BCUT2D eigenvalue weighted by Crippen LogP contribution is -2.37. The number of nitrogens with two attached hydrogens (primary N) is 1. The monoisotopic (exact) mass is 223 g/mol. The Balaban J connectivity index is 2.51. The van der Waals surface area contributed by atoms with E-state index in [1.165, 1.54) is 12.7 Å². The summed E-state index contributed by atoms with van der Waals surface area (Å²) < 4.78 is 9.91. The second-order valence-electron chi connectivity index (χ2n) is 3.44. The van der Waals surface area contributed by atoms with Crippen LogP contribution in [0.4, 0.5) is 0 Å². The number of hydrogen-bond acceptors (Lipinski definition) is 4. The Morgan fingerprint density at radius 2 is 2.25 bits per heavy atom. The van der Waals surface area contributed by atoms with Crippen LogP contribution in [0.3, 0.4) is 0 Å². The maximum atomic E-state index is 11.0. The van der Waals surface area contributed by atoms with Crippen molar-refractivity contribution in [3.05, 3.63) is 29.8 Å². The molecule has 0 fully saturated rings. The maximum Gasteiger partial charge on any atom is 0.326 e. The Bertz CT molecular complexity index is 352. The molecular formula is C12H17NO3. The summed E-state index contributed by atoms with van der Waals surface area (Å²) in [6.07, 6.45) is 0.945. The molecule has 0 spiro atoms. The second-order valence-corrected chi connectivity index (χ2v) is 3.44. The predicted octanol–water partition coefficient (Wildman–Crippen LogP) is 1.13. The summed E-state index contributed by atoms with van der Waals surface area (Å²) >= 11 is 0. The molecule has 0 radical (unpaired) electrons. The van der Waals surface area contributed by atoms with E-state index in [1.807, 2.05) is 24.3 Å². The molecule has 4 nitrogen and oxygen atoms in total. The largest absolute Gasteiger partial charge is 0.491 e. The summed E-state index contributed by atoms with van der Waals surface area (Å²) in [4.78, 5) is 11.0. The lowest BCUT2D eigenvalue weighted by Gasteiger charge is -2.11. The normalized spacial score (nSPS) is 11.9. The van der Waals surface area contributed by atoms with Crippen molar-refractivity contribution in [3.63, 3.8) is 0 Å². The fourth-order valence-electron chi connectivity index (χ4n) is 1.26. The van der Waals surface area contributed by atoms with Gasteiger partial charge in [-0.2, -0.15) is 0 Å². The number of ether oxygens (including phenoxy) is 2. The molecular weight excluding hydrogens is 206 g/mol. The summed E-state index contributed by atoms with van der Waals surface area (Å²) in [7, 11) is 1.31. The molecule has 0 bridgehead atoms. The number of aryl methyl sites for hydroxylation is 1. The van der Waals surface area contributed by atoms with Gasteiger partial charge in [0.25, 0.3) is 0 Å². The van der Waals surface area contributed by atoms with Gasteiger partial charge in [-0.15, -0.1) is 0 Å². The molecule has 1 aromatic rings. The van der Waals surface area contributed by atoms with E-state index in [1.54, 1.807) is 0 Å². The second kappa shape index (κ2) is 6.12. The molecule has 1 aromatic carbocycles. The minimum atomic E-state index is -0.740. The summed E-state index contributed by atoms with van der Waals surface area (Å²) in [6.45, 7) is 2.19. The highest BCUT2D eigenvalue weighted by Crippen LogP contribution is 2.13. The number of carbonyl (C=O) groups excluding carboxylic acids is 1. The van der Waals surface area contributed by atoms with Crippen LogP contribution in [0.15, 0.2) is 24.3 Å². The molecule has 0 aliphatic rings. The molecule has 0 aliphatic carbocycles. The van der Waals surface area contributed by atoms with Crippen molar-refractivity contribution >= 4 is 5.97 Å². The zero-order valence-electron chi connectivity index (χ0n) is 9.60. The van der Waals surface area contributed by atoms with E-state index < -0.39 is 12.0 Å². The lowest BCUT2D eigenvalue weighted by atomic mass is 10.2. The van der Waals surface area contributed by atoms with Gasteiger partial charge >= 0.3 is 5.97 Å². The van der Waals surface area contributed by atoms with E-state index in [9.17, 15) is 4.79 Å². The quantitative estimate of drug-likeness (QED) is 0.760. The number of hydrogen-bond donors (Lipinski definition) is 1. The lowest BCUT2D eigenvalue weighted by molar-refractivity contribution is -0.142. The van der Waals surface area contributed by atoms with Crippen molar-refractivity contribution in [1.82, 2.24) is 0 Å². The third-order valence-corrected chi connectivity index (χ3v) is 2.24. The highest BCUT2D eigenvalue weighted by molar-refractivity contribution is 5.75. The van der Waals surface area contributed by atoms with Gasteiger partial charge in [-0.1, -0.05) is 19.1 Å². The Morgan fingerprint density at radius 3 is 2.88 bits per heavy atom. The molecule has 2 N–H and O–H groups in total. The number of rotatable bonds is 5. The number of carbonyl (C=O) groups is 1. The fourth-order valence-corrected chi connectivity index (χ4v) is 1.26. The number of benzene rings is 1. The van der Waals surface area contributed by atoms with Crippen LogP contribution in [-0.4, -0.2) is 25.7 Å². The van der Waals surface area contributed by atoms with Crippen molar-refractivity contribution in [3.8, 4) is 5.75 Å². The number of methoxy groups -OCH3 is 1. The predicted molar refractivity (Wildman–Crippen MR) is 61.3 cm³/mol. The van der Waals surface area contributed by atoms with Crippen LogP contribution >= 0.6 is 0 Å². The van der Waals surface area contributed by atoms with Crippen LogP contribution in [-0.2, 0) is 16.0 Å². The third kappa shape index (κ3) is 3.55. The molecule has 1 unspecified atom stereocenters. The van der Waals surface area contributed by atoms with Crippen molar-refractivity contribution in [1.29, 1.82) is 0 Å². The van der Waals surface area contributed by atoms with Gasteiger partial charge in [0.15, 0.2) is 0 Å². The van der Waals surface area contributed by atoms with Crippen LogP contribution in [0.5, 0.6) is 5.75 Å². The Hall–Kier alpha value is -1.55. The Morgan fingerprint density at radius 1 is 1.50 bits per heavy atom. The molecule has 0 amide bonds. The molecule has 0 aromatic heterocycles. The van der Waals surface area contributed by atoms with Crippen LogP contribution in [0, 0.1) is 0 Å². The first kappa shape index (κ1) is 12.5. The van der Waals surface area contributed by atoms with Crippen molar-refractivity contribution in [2.24, 2.45) is 5.73 Å². The summed E-state index contributed by atoms with van der Waals surface area (Å²) in [5, 5.41) is 0. The highest BCUT2D eigenvalue weighted by atomic mass is 16.5. The van der Waals surface area contributed by atoms with Crippen molar-refractivity contribution < 1.29 is 14.3 Å². The number of esters is 1. The van der Waals surface area contributed by atoms with Crippen LogP contribution in [0.1, 0.15) is 12.5 Å². The van der Waals surface area contributed by atoms with Gasteiger partial charge in [-0.25, -0.2) is 0 Å². The Labute approximate surface area is 95.3 Å². The van der Waals surface area contributed by atoms with Crippen molar-refractivity contribution in [2.75, 3.05) is 13.7 Å². The average Bonchev–Trinajstić information content (AvgIpc) is 2.35. The fraction of sp³-hybridized carbons (Fsp3) is 0.417.